The van der Waals surface area contributed by atoms with Gasteiger partial charge in [-0.1, -0.05) is 6.92 Å². The van der Waals surface area contributed by atoms with E-state index in [1.54, 1.807) is 0 Å². The molecule has 0 spiro atoms. The van der Waals surface area contributed by atoms with Crippen molar-refractivity contribution in [3.63, 3.8) is 0 Å². The highest BCUT2D eigenvalue weighted by atomic mass is 19.4. The van der Waals surface area contributed by atoms with Crippen LogP contribution < -0.4 is 0 Å². The van der Waals surface area contributed by atoms with Crippen LogP contribution in [-0.2, 0) is 4.79 Å². The average Bonchev–Trinajstić information content (AvgIpc) is 1.65. The van der Waals surface area contributed by atoms with Gasteiger partial charge in [0, 0.05) is 0 Å². The molecule has 0 aliphatic carbocycles. The van der Waals surface area contributed by atoms with Gasteiger partial charge in [-0.05, 0) is 6.42 Å². The average molecular weight is 139 g/mol. The second-order valence-corrected chi connectivity index (χ2v) is 1.62. The summed E-state index contributed by atoms with van der Waals surface area (Å²) in [6.45, 7) is 1.29. The Morgan fingerprint density at radius 3 is 2.00 bits per heavy atom. The van der Waals surface area contributed by atoms with E-state index in [0.29, 0.717) is 0 Å². The Hall–Kier alpha value is -0.540. The second-order valence-electron chi connectivity index (χ2n) is 1.62. The topological polar surface area (TPSA) is 17.1 Å². The lowest BCUT2D eigenvalue weighted by molar-refractivity contribution is -0.155. The largest absolute Gasteiger partial charge is 0.399 e. The molecule has 53 valence electrons. The first-order valence-corrected chi connectivity index (χ1v) is 2.46. The summed E-state index contributed by atoms with van der Waals surface area (Å²) < 4.78 is 34.4. The Balaban J connectivity index is 3.94. The molecule has 0 bridgehead atoms. The molecule has 0 amide bonds. The van der Waals surface area contributed by atoms with Gasteiger partial charge in [-0.25, -0.2) is 0 Å². The van der Waals surface area contributed by atoms with Crippen LogP contribution in [0.1, 0.15) is 13.3 Å². The van der Waals surface area contributed by atoms with Gasteiger partial charge in [0.25, 0.3) is 0 Å². The maximum absolute atomic E-state index is 11.5. The van der Waals surface area contributed by atoms with Crippen LogP contribution in [0.5, 0.6) is 0 Å². The van der Waals surface area contributed by atoms with Crippen LogP contribution >= 0.6 is 0 Å². The number of alkyl halides is 3. The van der Waals surface area contributed by atoms with E-state index in [-0.39, 0.29) is 6.42 Å². The van der Waals surface area contributed by atoms with E-state index in [2.05, 4.69) is 0 Å². The molecule has 0 heterocycles. The van der Waals surface area contributed by atoms with Crippen molar-refractivity contribution in [3.8, 4) is 0 Å². The zero-order valence-corrected chi connectivity index (χ0v) is 4.83. The minimum absolute atomic E-state index is 0.229. The highest BCUT2D eigenvalue weighted by Gasteiger charge is 2.38. The first kappa shape index (κ1) is 8.46. The lowest BCUT2D eigenvalue weighted by Crippen LogP contribution is -2.22. The molecular weight excluding hydrogens is 133 g/mol. The van der Waals surface area contributed by atoms with Gasteiger partial charge in [0.2, 0.25) is 6.29 Å². The monoisotopic (exact) mass is 139 g/mol. The zero-order chi connectivity index (χ0) is 7.49. The van der Waals surface area contributed by atoms with E-state index < -0.39 is 12.1 Å². The van der Waals surface area contributed by atoms with Crippen LogP contribution in [0.4, 0.5) is 13.2 Å². The summed E-state index contributed by atoms with van der Waals surface area (Å²) in [5, 5.41) is 0. The number of halogens is 3. The molecule has 0 saturated heterocycles. The molecule has 4 heteroatoms. The third-order valence-corrected chi connectivity index (χ3v) is 0.946. The SMILES string of the molecule is CCC([C]=O)C(F)(F)F. The molecule has 0 aromatic heterocycles. The normalized spacial score (nSPS) is 15.1. The summed E-state index contributed by atoms with van der Waals surface area (Å²) >= 11 is 0. The molecule has 0 N–H and O–H groups in total. The van der Waals surface area contributed by atoms with Crippen LogP contribution in [0, 0.1) is 5.92 Å². The predicted octanol–water partition coefficient (Wildman–Crippen LogP) is 1.68. The molecular formula is C5H6F3O. The third kappa shape index (κ3) is 2.49. The fourth-order valence-electron chi connectivity index (χ4n) is 0.382. The molecule has 1 atom stereocenters. The molecule has 0 rings (SSSR count). The van der Waals surface area contributed by atoms with Crippen LogP contribution in [0.2, 0.25) is 0 Å². The molecule has 0 aromatic rings. The van der Waals surface area contributed by atoms with E-state index >= 15 is 0 Å². The molecule has 1 unspecified atom stereocenters. The molecule has 0 aliphatic heterocycles. The lowest BCUT2D eigenvalue weighted by Gasteiger charge is -2.09. The number of carbonyl (C=O) groups excluding carboxylic acids is 1. The highest BCUT2D eigenvalue weighted by molar-refractivity contribution is 5.55. The summed E-state index contributed by atoms with van der Waals surface area (Å²) in [5.74, 6) is -1.91. The molecule has 0 fully saturated rings. The molecule has 0 saturated carbocycles. The van der Waals surface area contributed by atoms with Gasteiger partial charge in [-0.15, -0.1) is 0 Å². The van der Waals surface area contributed by atoms with Gasteiger partial charge in [0.05, 0.1) is 0 Å². The van der Waals surface area contributed by atoms with Crippen molar-refractivity contribution in [2.75, 3.05) is 0 Å². The third-order valence-electron chi connectivity index (χ3n) is 0.946. The van der Waals surface area contributed by atoms with Crippen LogP contribution in [0.15, 0.2) is 0 Å². The maximum Gasteiger partial charge on any atom is 0.399 e. The minimum Gasteiger partial charge on any atom is -0.290 e. The second kappa shape index (κ2) is 2.85. The number of hydrogen-bond donors (Lipinski definition) is 0. The van der Waals surface area contributed by atoms with E-state index in [9.17, 15) is 18.0 Å². The Bertz CT molecular complexity index is 96.9. The molecule has 0 aromatic carbocycles. The van der Waals surface area contributed by atoms with Crippen molar-refractivity contribution < 1.29 is 18.0 Å². The Morgan fingerprint density at radius 2 is 2.00 bits per heavy atom. The highest BCUT2D eigenvalue weighted by Crippen LogP contribution is 2.26. The van der Waals surface area contributed by atoms with Crippen molar-refractivity contribution >= 4 is 6.29 Å². The van der Waals surface area contributed by atoms with Crippen LogP contribution in [0.25, 0.3) is 0 Å². The zero-order valence-electron chi connectivity index (χ0n) is 4.83. The standard InChI is InChI=1S/C5H6F3O/c1-2-4(3-9)5(6,7)8/h4H,2H2,1H3. The van der Waals surface area contributed by atoms with Crippen molar-refractivity contribution in [1.82, 2.24) is 0 Å². The summed E-state index contributed by atoms with van der Waals surface area (Å²) in [4.78, 5) is 9.54. The Labute approximate surface area is 50.9 Å². The fraction of sp³-hybridized carbons (Fsp3) is 0.800. The first-order valence-electron chi connectivity index (χ1n) is 2.46. The van der Waals surface area contributed by atoms with E-state index in [0.717, 1.165) is 6.29 Å². The van der Waals surface area contributed by atoms with Gasteiger partial charge in [-0.2, -0.15) is 13.2 Å². The van der Waals surface area contributed by atoms with Gasteiger partial charge in [-0.3, -0.25) is 4.79 Å². The molecule has 9 heavy (non-hydrogen) atoms. The molecule has 0 aliphatic rings. The summed E-state index contributed by atoms with van der Waals surface area (Å²) in [7, 11) is 0. The van der Waals surface area contributed by atoms with Gasteiger partial charge < -0.3 is 0 Å². The summed E-state index contributed by atoms with van der Waals surface area (Å²) in [5.41, 5.74) is 0. The summed E-state index contributed by atoms with van der Waals surface area (Å²) in [6, 6.07) is 0. The van der Waals surface area contributed by atoms with Crippen molar-refractivity contribution in [2.45, 2.75) is 19.5 Å². The number of hydrogen-bond acceptors (Lipinski definition) is 1. The van der Waals surface area contributed by atoms with Gasteiger partial charge >= 0.3 is 6.18 Å². The van der Waals surface area contributed by atoms with Gasteiger partial charge in [0.1, 0.15) is 5.92 Å². The van der Waals surface area contributed by atoms with E-state index in [1.807, 2.05) is 0 Å². The van der Waals surface area contributed by atoms with E-state index in [1.165, 1.54) is 6.92 Å². The van der Waals surface area contributed by atoms with Crippen molar-refractivity contribution in [2.24, 2.45) is 5.92 Å². The lowest BCUT2D eigenvalue weighted by atomic mass is 10.1. The maximum atomic E-state index is 11.5. The Morgan fingerprint density at radius 1 is 1.56 bits per heavy atom. The predicted molar refractivity (Wildman–Crippen MR) is 25.5 cm³/mol. The van der Waals surface area contributed by atoms with E-state index in [4.69, 9.17) is 0 Å². The smallest absolute Gasteiger partial charge is 0.290 e. The minimum atomic E-state index is -4.41. The Kier molecular flexibility index (Phi) is 2.67. The summed E-state index contributed by atoms with van der Waals surface area (Å²) in [6.07, 6.45) is -3.72. The fourth-order valence-corrected chi connectivity index (χ4v) is 0.382. The van der Waals surface area contributed by atoms with Crippen molar-refractivity contribution in [3.05, 3.63) is 0 Å². The quantitative estimate of drug-likeness (QED) is 0.568. The van der Waals surface area contributed by atoms with Crippen LogP contribution in [-0.4, -0.2) is 12.5 Å². The first-order chi connectivity index (χ1) is 4.02. The van der Waals surface area contributed by atoms with Gasteiger partial charge in [0.15, 0.2) is 0 Å². The van der Waals surface area contributed by atoms with Crippen molar-refractivity contribution in [1.29, 1.82) is 0 Å². The van der Waals surface area contributed by atoms with Crippen LogP contribution in [0.3, 0.4) is 0 Å². The molecule has 1 nitrogen and oxygen atoms in total. The molecule has 1 radical (unpaired) electrons. The number of rotatable bonds is 2.